The smallest absolute Gasteiger partial charge is 0.338 e. The van der Waals surface area contributed by atoms with Gasteiger partial charge in [-0.05, 0) is 18.2 Å². The van der Waals surface area contributed by atoms with Gasteiger partial charge in [-0.25, -0.2) is 14.5 Å². The van der Waals surface area contributed by atoms with E-state index in [1.807, 2.05) is 0 Å². The molecule has 0 aliphatic carbocycles. The van der Waals surface area contributed by atoms with Crippen LogP contribution >= 0.6 is 0 Å². The number of ether oxygens (including phenoxy) is 2. The van der Waals surface area contributed by atoms with Crippen molar-refractivity contribution in [3.63, 3.8) is 0 Å². The molecule has 2 aromatic rings. The van der Waals surface area contributed by atoms with Gasteiger partial charge in [-0.1, -0.05) is 18.2 Å². The molecule has 0 bridgehead atoms. The molecule has 1 aliphatic rings. The van der Waals surface area contributed by atoms with Crippen molar-refractivity contribution in [2.45, 2.75) is 0 Å². The minimum Gasteiger partial charge on any atom is -0.468 e. The van der Waals surface area contributed by atoms with E-state index < -0.39 is 30.4 Å². The Morgan fingerprint density at radius 2 is 1.86 bits per heavy atom. The summed E-state index contributed by atoms with van der Waals surface area (Å²) >= 11 is 0. The van der Waals surface area contributed by atoms with Crippen molar-refractivity contribution >= 4 is 30.0 Å². The number of furan rings is 1. The van der Waals surface area contributed by atoms with Gasteiger partial charge in [0.15, 0.2) is 0 Å². The fourth-order valence-corrected chi connectivity index (χ4v) is 2.61. The molecule has 0 atom stereocenters. The summed E-state index contributed by atoms with van der Waals surface area (Å²) in [5, 5.41) is 2.38. The molecular formula is C19H16N2O7. The van der Waals surface area contributed by atoms with Gasteiger partial charge in [0, 0.05) is 11.6 Å². The number of hydrogen-bond donors (Lipinski definition) is 1. The number of imide groups is 1. The van der Waals surface area contributed by atoms with Crippen LogP contribution in [0.3, 0.4) is 0 Å². The van der Waals surface area contributed by atoms with E-state index in [1.165, 1.54) is 13.2 Å². The number of rotatable bonds is 5. The molecule has 1 fully saturated rings. The Labute approximate surface area is 159 Å². The highest BCUT2D eigenvalue weighted by molar-refractivity contribution is 6.15. The first-order valence-electron chi connectivity index (χ1n) is 8.13. The van der Waals surface area contributed by atoms with Crippen LogP contribution in [0.2, 0.25) is 0 Å². The molecule has 1 saturated heterocycles. The first-order chi connectivity index (χ1) is 13.4. The average molecular weight is 384 g/mol. The van der Waals surface area contributed by atoms with Crippen molar-refractivity contribution in [1.82, 2.24) is 10.2 Å². The third kappa shape index (κ3) is 3.63. The van der Waals surface area contributed by atoms with E-state index in [4.69, 9.17) is 9.15 Å². The van der Waals surface area contributed by atoms with Crippen LogP contribution in [0.4, 0.5) is 4.79 Å². The number of methoxy groups -OCH3 is 2. The highest BCUT2D eigenvalue weighted by Crippen LogP contribution is 2.27. The van der Waals surface area contributed by atoms with Crippen molar-refractivity contribution in [2.75, 3.05) is 20.8 Å². The SMILES string of the molecule is COC(=O)CN1C(=O)NC(=Cc2ccc(-c3ccccc3C(=O)OC)o2)C1=O. The van der Waals surface area contributed by atoms with Crippen LogP contribution in [-0.2, 0) is 19.1 Å². The third-order valence-electron chi connectivity index (χ3n) is 3.99. The van der Waals surface area contributed by atoms with Gasteiger partial charge >= 0.3 is 18.0 Å². The van der Waals surface area contributed by atoms with Gasteiger partial charge in [0.25, 0.3) is 5.91 Å². The summed E-state index contributed by atoms with van der Waals surface area (Å²) in [7, 11) is 2.44. The minimum absolute atomic E-state index is 0.0453. The van der Waals surface area contributed by atoms with Gasteiger partial charge in [-0.3, -0.25) is 9.59 Å². The molecule has 1 N–H and O–H groups in total. The molecule has 0 radical (unpaired) electrons. The van der Waals surface area contributed by atoms with Crippen LogP contribution in [0, 0.1) is 0 Å². The molecule has 0 spiro atoms. The van der Waals surface area contributed by atoms with E-state index >= 15 is 0 Å². The Balaban J connectivity index is 1.86. The van der Waals surface area contributed by atoms with Crippen LogP contribution < -0.4 is 5.32 Å². The van der Waals surface area contributed by atoms with E-state index in [9.17, 15) is 19.2 Å². The summed E-state index contributed by atoms with van der Waals surface area (Å²) in [6.07, 6.45) is 1.34. The fraction of sp³-hybridized carbons (Fsp3) is 0.158. The minimum atomic E-state index is -0.732. The van der Waals surface area contributed by atoms with Gasteiger partial charge in [-0.2, -0.15) is 0 Å². The molecule has 9 heteroatoms. The Morgan fingerprint density at radius 3 is 2.57 bits per heavy atom. The van der Waals surface area contributed by atoms with Crippen molar-refractivity contribution < 1.29 is 33.1 Å². The number of nitrogens with one attached hydrogen (secondary N) is 1. The Hall–Kier alpha value is -3.88. The van der Waals surface area contributed by atoms with Crippen LogP contribution in [0.15, 0.2) is 46.5 Å². The molecule has 2 heterocycles. The molecule has 144 valence electrons. The van der Waals surface area contributed by atoms with Crippen LogP contribution in [0.1, 0.15) is 16.1 Å². The molecule has 0 saturated carbocycles. The number of hydrogen-bond acceptors (Lipinski definition) is 7. The number of benzene rings is 1. The second-order valence-corrected chi connectivity index (χ2v) is 5.69. The lowest BCUT2D eigenvalue weighted by Crippen LogP contribution is -2.36. The summed E-state index contributed by atoms with van der Waals surface area (Å²) in [6, 6.07) is 9.22. The maximum absolute atomic E-state index is 12.3. The normalized spacial score (nSPS) is 14.9. The largest absolute Gasteiger partial charge is 0.468 e. The Kier molecular flexibility index (Phi) is 5.25. The van der Waals surface area contributed by atoms with E-state index in [2.05, 4.69) is 10.1 Å². The highest BCUT2D eigenvalue weighted by Gasteiger charge is 2.35. The fourth-order valence-electron chi connectivity index (χ4n) is 2.61. The van der Waals surface area contributed by atoms with Crippen molar-refractivity contribution in [1.29, 1.82) is 0 Å². The number of esters is 2. The quantitative estimate of drug-likeness (QED) is 0.475. The molecule has 1 aliphatic heterocycles. The summed E-state index contributed by atoms with van der Waals surface area (Å²) in [4.78, 5) is 48.1. The molecule has 1 aromatic heterocycles. The maximum atomic E-state index is 12.3. The molecule has 3 rings (SSSR count). The van der Waals surface area contributed by atoms with Crippen LogP contribution in [0.25, 0.3) is 17.4 Å². The summed E-state index contributed by atoms with van der Waals surface area (Å²) in [6.45, 7) is -0.492. The van der Waals surface area contributed by atoms with Gasteiger partial charge in [0.1, 0.15) is 23.8 Å². The topological polar surface area (TPSA) is 115 Å². The zero-order valence-corrected chi connectivity index (χ0v) is 15.1. The number of urea groups is 1. The standard InChI is InChI=1S/C19H16N2O7/c1-26-16(22)10-21-17(23)14(20-19(21)25)9-11-7-8-15(28-11)12-5-3-4-6-13(12)18(24)27-2/h3-9H,10H2,1-2H3,(H,20,25). The molecule has 0 unspecified atom stereocenters. The number of carbonyl (C=O) groups excluding carboxylic acids is 4. The van der Waals surface area contributed by atoms with Gasteiger partial charge in [0.05, 0.1) is 19.8 Å². The lowest BCUT2D eigenvalue weighted by Gasteiger charge is -2.08. The highest BCUT2D eigenvalue weighted by atomic mass is 16.5. The van der Waals surface area contributed by atoms with E-state index in [0.717, 1.165) is 12.0 Å². The predicted octanol–water partition coefficient (Wildman–Crippen LogP) is 1.80. The number of carbonyl (C=O) groups is 4. The Bertz CT molecular complexity index is 990. The molecule has 9 nitrogen and oxygen atoms in total. The third-order valence-corrected chi connectivity index (χ3v) is 3.99. The lowest BCUT2D eigenvalue weighted by molar-refractivity contribution is -0.143. The second-order valence-electron chi connectivity index (χ2n) is 5.69. The predicted molar refractivity (Wildman–Crippen MR) is 95.7 cm³/mol. The number of amides is 3. The zero-order chi connectivity index (χ0) is 20.3. The van der Waals surface area contributed by atoms with Gasteiger partial charge < -0.3 is 19.2 Å². The first kappa shape index (κ1) is 18.9. The zero-order valence-electron chi connectivity index (χ0n) is 15.1. The van der Waals surface area contributed by atoms with E-state index in [1.54, 1.807) is 36.4 Å². The Morgan fingerprint density at radius 1 is 1.11 bits per heavy atom. The van der Waals surface area contributed by atoms with E-state index in [0.29, 0.717) is 16.9 Å². The van der Waals surface area contributed by atoms with E-state index in [-0.39, 0.29) is 11.5 Å². The molecule has 1 aromatic carbocycles. The summed E-state index contributed by atoms with van der Waals surface area (Å²) in [5.74, 6) is -1.24. The average Bonchev–Trinajstić information content (AvgIpc) is 3.27. The molecule has 3 amide bonds. The first-order valence-corrected chi connectivity index (χ1v) is 8.13. The molecule has 28 heavy (non-hydrogen) atoms. The molecular weight excluding hydrogens is 368 g/mol. The van der Waals surface area contributed by atoms with Crippen LogP contribution in [-0.4, -0.2) is 49.5 Å². The number of nitrogens with zero attached hydrogens (tertiary/aromatic N) is 1. The maximum Gasteiger partial charge on any atom is 0.338 e. The van der Waals surface area contributed by atoms with Crippen LogP contribution in [0.5, 0.6) is 0 Å². The van der Waals surface area contributed by atoms with Gasteiger partial charge in [-0.15, -0.1) is 0 Å². The van der Waals surface area contributed by atoms with Crippen molar-refractivity contribution in [3.8, 4) is 11.3 Å². The lowest BCUT2D eigenvalue weighted by atomic mass is 10.1. The van der Waals surface area contributed by atoms with Gasteiger partial charge in [0.2, 0.25) is 0 Å². The van der Waals surface area contributed by atoms with Crippen molar-refractivity contribution in [3.05, 3.63) is 53.4 Å². The monoisotopic (exact) mass is 384 g/mol. The second kappa shape index (κ2) is 7.78. The summed E-state index contributed by atoms with van der Waals surface area (Å²) < 4.78 is 14.9. The summed E-state index contributed by atoms with van der Waals surface area (Å²) in [5.41, 5.74) is 0.803. The van der Waals surface area contributed by atoms with Crippen molar-refractivity contribution in [2.24, 2.45) is 0 Å².